The molecule has 0 saturated carbocycles. The van der Waals surface area contributed by atoms with Crippen molar-refractivity contribution in [2.75, 3.05) is 19.8 Å². The van der Waals surface area contributed by atoms with Gasteiger partial charge in [-0.3, -0.25) is 0 Å². The first-order chi connectivity index (χ1) is 9.50. The van der Waals surface area contributed by atoms with Gasteiger partial charge >= 0.3 is 0 Å². The maximum atomic E-state index is 10.3. The van der Waals surface area contributed by atoms with Gasteiger partial charge in [0.05, 0.1) is 6.61 Å². The number of aryl methyl sites for hydroxylation is 1. The van der Waals surface area contributed by atoms with Crippen molar-refractivity contribution in [3.63, 3.8) is 0 Å². The number of hydrogen-bond acceptors (Lipinski definition) is 4. The lowest BCUT2D eigenvalue weighted by atomic mass is 9.97. The summed E-state index contributed by atoms with van der Waals surface area (Å²) >= 11 is 0. The Morgan fingerprint density at radius 2 is 2.20 bits per heavy atom. The van der Waals surface area contributed by atoms with Crippen LogP contribution in [0.5, 0.6) is 5.75 Å². The molecular weight excluding hydrogens is 254 g/mol. The Labute approximate surface area is 119 Å². The van der Waals surface area contributed by atoms with Gasteiger partial charge in [0.2, 0.25) is 0 Å². The van der Waals surface area contributed by atoms with Gasteiger partial charge in [0.1, 0.15) is 11.4 Å². The minimum absolute atomic E-state index is 0.115. The Hall–Kier alpha value is -1.10. The van der Waals surface area contributed by atoms with Gasteiger partial charge in [0, 0.05) is 31.2 Å². The highest BCUT2D eigenvalue weighted by molar-refractivity contribution is 5.50. The standard InChI is InChI=1S/C16H23NO3/c1-10-3-4-13(18)15-12(7-11(2)14(10)15)17-8-16(19)5-6-20-9-16/h3-4,11-12,17-19H,5-9H2,1-2H3. The summed E-state index contributed by atoms with van der Waals surface area (Å²) < 4.78 is 5.27. The molecule has 1 aromatic carbocycles. The highest BCUT2D eigenvalue weighted by atomic mass is 16.5. The van der Waals surface area contributed by atoms with Crippen molar-refractivity contribution in [2.45, 2.75) is 44.2 Å². The molecule has 4 heteroatoms. The van der Waals surface area contributed by atoms with Gasteiger partial charge in [-0.15, -0.1) is 0 Å². The highest BCUT2D eigenvalue weighted by Gasteiger charge is 2.36. The van der Waals surface area contributed by atoms with Crippen LogP contribution in [0, 0.1) is 6.92 Å². The molecule has 1 aliphatic heterocycles. The Morgan fingerprint density at radius 1 is 1.40 bits per heavy atom. The first kappa shape index (κ1) is 13.9. The van der Waals surface area contributed by atoms with Crippen LogP contribution in [0.15, 0.2) is 12.1 Å². The molecule has 3 unspecified atom stereocenters. The second kappa shape index (κ2) is 5.02. The molecule has 2 aliphatic rings. The molecule has 3 atom stereocenters. The van der Waals surface area contributed by atoms with Gasteiger partial charge in [0.25, 0.3) is 0 Å². The van der Waals surface area contributed by atoms with E-state index in [-0.39, 0.29) is 6.04 Å². The SMILES string of the molecule is Cc1ccc(O)c2c1C(C)CC2NCC1(O)CCOC1. The molecule has 0 amide bonds. The molecule has 1 aromatic rings. The lowest BCUT2D eigenvalue weighted by molar-refractivity contribution is 0.0246. The minimum Gasteiger partial charge on any atom is -0.508 e. The number of benzene rings is 1. The van der Waals surface area contributed by atoms with Crippen molar-refractivity contribution >= 4 is 0 Å². The smallest absolute Gasteiger partial charge is 0.120 e. The van der Waals surface area contributed by atoms with E-state index in [1.807, 2.05) is 6.07 Å². The van der Waals surface area contributed by atoms with E-state index in [0.29, 0.717) is 37.8 Å². The summed E-state index contributed by atoms with van der Waals surface area (Å²) in [5.41, 5.74) is 2.75. The molecule has 0 radical (unpaired) electrons. The molecule has 1 aliphatic carbocycles. The first-order valence-electron chi connectivity index (χ1n) is 7.36. The molecule has 110 valence electrons. The van der Waals surface area contributed by atoms with Crippen molar-refractivity contribution in [2.24, 2.45) is 0 Å². The Bertz CT molecular complexity index is 509. The van der Waals surface area contributed by atoms with E-state index >= 15 is 0 Å². The molecule has 20 heavy (non-hydrogen) atoms. The van der Waals surface area contributed by atoms with E-state index in [0.717, 1.165) is 12.0 Å². The Balaban J connectivity index is 1.79. The maximum Gasteiger partial charge on any atom is 0.120 e. The molecule has 1 saturated heterocycles. The molecule has 3 N–H and O–H groups in total. The van der Waals surface area contributed by atoms with E-state index in [9.17, 15) is 10.2 Å². The quantitative estimate of drug-likeness (QED) is 0.790. The molecule has 0 bridgehead atoms. The highest BCUT2D eigenvalue weighted by Crippen LogP contribution is 2.46. The molecular formula is C16H23NO3. The van der Waals surface area contributed by atoms with Gasteiger partial charge in [-0.05, 0) is 36.5 Å². The molecule has 1 fully saturated rings. The zero-order chi connectivity index (χ0) is 14.3. The number of rotatable bonds is 3. The van der Waals surface area contributed by atoms with Crippen molar-refractivity contribution in [1.29, 1.82) is 0 Å². The fraction of sp³-hybridized carbons (Fsp3) is 0.625. The third kappa shape index (κ3) is 2.32. The van der Waals surface area contributed by atoms with Crippen LogP contribution in [0.4, 0.5) is 0 Å². The predicted octanol–water partition coefficient (Wildman–Crippen LogP) is 1.99. The summed E-state index contributed by atoms with van der Waals surface area (Å²) in [6.07, 6.45) is 1.64. The molecule has 1 heterocycles. The van der Waals surface area contributed by atoms with Crippen LogP contribution in [0.3, 0.4) is 0 Å². The lowest BCUT2D eigenvalue weighted by Gasteiger charge is -2.24. The fourth-order valence-corrected chi connectivity index (χ4v) is 3.58. The van der Waals surface area contributed by atoms with Crippen molar-refractivity contribution in [1.82, 2.24) is 5.32 Å². The number of aliphatic hydroxyl groups is 1. The lowest BCUT2D eigenvalue weighted by Crippen LogP contribution is -2.42. The van der Waals surface area contributed by atoms with Crippen LogP contribution in [-0.2, 0) is 4.74 Å². The number of hydrogen-bond donors (Lipinski definition) is 3. The normalized spacial score (nSPS) is 32.5. The van der Waals surface area contributed by atoms with Crippen molar-refractivity contribution in [3.05, 3.63) is 28.8 Å². The third-order valence-corrected chi connectivity index (χ3v) is 4.67. The Kier molecular flexibility index (Phi) is 3.48. The van der Waals surface area contributed by atoms with Crippen LogP contribution < -0.4 is 5.32 Å². The van der Waals surface area contributed by atoms with E-state index < -0.39 is 5.60 Å². The number of nitrogens with one attached hydrogen (secondary N) is 1. The van der Waals surface area contributed by atoms with Gasteiger partial charge in [-0.2, -0.15) is 0 Å². The van der Waals surface area contributed by atoms with Gasteiger partial charge in [0.15, 0.2) is 0 Å². The Morgan fingerprint density at radius 3 is 2.90 bits per heavy atom. The second-order valence-electron chi connectivity index (χ2n) is 6.33. The van der Waals surface area contributed by atoms with Crippen molar-refractivity contribution in [3.8, 4) is 5.75 Å². The van der Waals surface area contributed by atoms with E-state index in [1.54, 1.807) is 6.07 Å². The molecule has 3 rings (SSSR count). The largest absolute Gasteiger partial charge is 0.508 e. The molecule has 0 aromatic heterocycles. The summed E-state index contributed by atoms with van der Waals surface area (Å²) in [6.45, 7) is 5.82. The van der Waals surface area contributed by atoms with Crippen LogP contribution in [0.25, 0.3) is 0 Å². The van der Waals surface area contributed by atoms with E-state index in [4.69, 9.17) is 4.74 Å². The number of phenolic OH excluding ortho intramolecular Hbond substituents is 1. The monoisotopic (exact) mass is 277 g/mol. The maximum absolute atomic E-state index is 10.3. The van der Waals surface area contributed by atoms with Crippen LogP contribution in [-0.4, -0.2) is 35.6 Å². The van der Waals surface area contributed by atoms with Gasteiger partial charge in [-0.1, -0.05) is 13.0 Å². The van der Waals surface area contributed by atoms with Crippen LogP contribution in [0.2, 0.25) is 0 Å². The summed E-state index contributed by atoms with van der Waals surface area (Å²) in [7, 11) is 0. The molecule has 4 nitrogen and oxygen atoms in total. The van der Waals surface area contributed by atoms with Gasteiger partial charge in [-0.25, -0.2) is 0 Å². The number of fused-ring (bicyclic) bond motifs is 1. The zero-order valence-corrected chi connectivity index (χ0v) is 12.1. The third-order valence-electron chi connectivity index (χ3n) is 4.67. The molecule has 0 spiro atoms. The van der Waals surface area contributed by atoms with E-state index in [2.05, 4.69) is 19.2 Å². The average molecular weight is 277 g/mol. The second-order valence-corrected chi connectivity index (χ2v) is 6.33. The summed E-state index contributed by atoms with van der Waals surface area (Å²) in [5, 5.41) is 23.9. The first-order valence-corrected chi connectivity index (χ1v) is 7.36. The summed E-state index contributed by atoms with van der Waals surface area (Å²) in [6, 6.07) is 3.86. The fourth-order valence-electron chi connectivity index (χ4n) is 3.58. The van der Waals surface area contributed by atoms with Gasteiger partial charge < -0.3 is 20.3 Å². The topological polar surface area (TPSA) is 61.7 Å². The van der Waals surface area contributed by atoms with Crippen LogP contribution >= 0.6 is 0 Å². The minimum atomic E-state index is -0.758. The summed E-state index contributed by atoms with van der Waals surface area (Å²) in [4.78, 5) is 0. The van der Waals surface area contributed by atoms with E-state index in [1.165, 1.54) is 11.1 Å². The summed E-state index contributed by atoms with van der Waals surface area (Å²) in [5.74, 6) is 0.797. The number of aromatic hydroxyl groups is 1. The van der Waals surface area contributed by atoms with Crippen LogP contribution in [0.1, 0.15) is 48.4 Å². The zero-order valence-electron chi connectivity index (χ0n) is 12.1. The number of ether oxygens (including phenoxy) is 1. The van der Waals surface area contributed by atoms with Crippen molar-refractivity contribution < 1.29 is 14.9 Å². The number of phenols is 1. The predicted molar refractivity (Wildman–Crippen MR) is 77.0 cm³/mol. The average Bonchev–Trinajstić information content (AvgIpc) is 2.97.